The number of rotatable bonds is 7. The van der Waals surface area contributed by atoms with E-state index < -0.39 is 0 Å². The number of anilines is 1. The normalized spacial score (nSPS) is 10.3. The molecule has 150 valence electrons. The highest BCUT2D eigenvalue weighted by Crippen LogP contribution is 2.19. The molecular weight excluding hydrogens is 387 g/mol. The Balaban J connectivity index is 1.79. The van der Waals surface area contributed by atoms with Crippen LogP contribution in [-0.4, -0.2) is 24.2 Å². The van der Waals surface area contributed by atoms with E-state index in [9.17, 15) is 4.39 Å². The Bertz CT molecular complexity index is 946. The number of ether oxygens (including phenoxy) is 2. The molecule has 0 radical (unpaired) electrons. The summed E-state index contributed by atoms with van der Waals surface area (Å²) in [6, 6.07) is 22.0. The first kappa shape index (κ1) is 20.6. The minimum Gasteiger partial charge on any atom is -0.497 e. The van der Waals surface area contributed by atoms with Crippen LogP contribution in [0, 0.1) is 5.82 Å². The standard InChI is InChI=1S/C23H23FN2O2S/c1-27-20-11-7-17(8-12-20)15-26(16-18-5-3-4-6-22(18)24)23(29)25-19-9-13-21(28-2)14-10-19/h3-14H,15-16H2,1-2H3,(H,25,29). The zero-order chi connectivity index (χ0) is 20.6. The van der Waals surface area contributed by atoms with E-state index in [1.165, 1.54) is 6.07 Å². The molecule has 0 unspecified atom stereocenters. The quantitative estimate of drug-likeness (QED) is 0.539. The van der Waals surface area contributed by atoms with Gasteiger partial charge in [-0.2, -0.15) is 0 Å². The average molecular weight is 411 g/mol. The molecule has 3 aromatic carbocycles. The zero-order valence-corrected chi connectivity index (χ0v) is 17.2. The molecular formula is C23H23FN2O2S. The lowest BCUT2D eigenvalue weighted by Gasteiger charge is -2.26. The van der Waals surface area contributed by atoms with Crippen LogP contribution in [0.4, 0.5) is 10.1 Å². The third-order valence-electron chi connectivity index (χ3n) is 4.48. The number of hydrogen-bond donors (Lipinski definition) is 1. The molecule has 6 heteroatoms. The van der Waals surface area contributed by atoms with Crippen LogP contribution in [0.3, 0.4) is 0 Å². The van der Waals surface area contributed by atoms with Gasteiger partial charge >= 0.3 is 0 Å². The summed E-state index contributed by atoms with van der Waals surface area (Å²) in [4.78, 5) is 1.93. The molecule has 29 heavy (non-hydrogen) atoms. The Hall–Kier alpha value is -3.12. The van der Waals surface area contributed by atoms with Crippen LogP contribution >= 0.6 is 12.2 Å². The van der Waals surface area contributed by atoms with Crippen LogP contribution in [0.15, 0.2) is 72.8 Å². The minimum absolute atomic E-state index is 0.250. The monoisotopic (exact) mass is 410 g/mol. The lowest BCUT2D eigenvalue weighted by Crippen LogP contribution is -2.34. The van der Waals surface area contributed by atoms with Crippen molar-refractivity contribution in [2.45, 2.75) is 13.1 Å². The summed E-state index contributed by atoms with van der Waals surface area (Å²) in [5.41, 5.74) is 2.46. The zero-order valence-electron chi connectivity index (χ0n) is 16.4. The van der Waals surface area contributed by atoms with Gasteiger partial charge in [0, 0.05) is 24.3 Å². The number of halogens is 1. The van der Waals surface area contributed by atoms with Gasteiger partial charge in [0.05, 0.1) is 14.2 Å². The first-order valence-electron chi connectivity index (χ1n) is 9.15. The second kappa shape index (κ2) is 9.89. The number of thiocarbonyl (C=S) groups is 1. The minimum atomic E-state index is -0.250. The summed E-state index contributed by atoms with van der Waals surface area (Å²) in [5, 5.41) is 3.74. The number of benzene rings is 3. The van der Waals surface area contributed by atoms with E-state index in [-0.39, 0.29) is 5.82 Å². The lowest BCUT2D eigenvalue weighted by atomic mass is 10.1. The van der Waals surface area contributed by atoms with Crippen molar-refractivity contribution in [3.8, 4) is 11.5 Å². The van der Waals surface area contributed by atoms with E-state index in [4.69, 9.17) is 21.7 Å². The second-order valence-corrected chi connectivity index (χ2v) is 6.84. The number of nitrogens with zero attached hydrogens (tertiary/aromatic N) is 1. The van der Waals surface area contributed by atoms with Gasteiger partial charge in [-0.05, 0) is 60.2 Å². The van der Waals surface area contributed by atoms with E-state index in [1.807, 2.05) is 59.5 Å². The second-order valence-electron chi connectivity index (χ2n) is 6.45. The van der Waals surface area contributed by atoms with Gasteiger partial charge in [0.15, 0.2) is 5.11 Å². The average Bonchev–Trinajstić information content (AvgIpc) is 2.75. The first-order valence-corrected chi connectivity index (χ1v) is 9.56. The third-order valence-corrected chi connectivity index (χ3v) is 4.84. The molecule has 0 aliphatic rings. The van der Waals surface area contributed by atoms with Crippen molar-refractivity contribution in [1.82, 2.24) is 4.90 Å². The largest absolute Gasteiger partial charge is 0.497 e. The van der Waals surface area contributed by atoms with Gasteiger partial charge in [-0.25, -0.2) is 4.39 Å². The third kappa shape index (κ3) is 5.68. The fraction of sp³-hybridized carbons (Fsp3) is 0.174. The molecule has 0 aliphatic heterocycles. The molecule has 0 aliphatic carbocycles. The molecule has 1 N–H and O–H groups in total. The summed E-state index contributed by atoms with van der Waals surface area (Å²) in [6.45, 7) is 0.876. The predicted octanol–water partition coefficient (Wildman–Crippen LogP) is 5.24. The smallest absolute Gasteiger partial charge is 0.174 e. The summed E-state index contributed by atoms with van der Waals surface area (Å²) in [7, 11) is 3.26. The van der Waals surface area contributed by atoms with Crippen LogP contribution in [-0.2, 0) is 13.1 Å². The van der Waals surface area contributed by atoms with Crippen molar-refractivity contribution in [3.05, 3.63) is 89.7 Å². The Labute approximate surface area is 175 Å². The SMILES string of the molecule is COc1ccc(CN(Cc2ccccc2F)C(=S)Nc2ccc(OC)cc2)cc1. The van der Waals surface area contributed by atoms with Gasteiger partial charge in [-0.3, -0.25) is 0 Å². The molecule has 4 nitrogen and oxygen atoms in total. The maximum Gasteiger partial charge on any atom is 0.174 e. The van der Waals surface area contributed by atoms with E-state index in [2.05, 4.69) is 5.32 Å². The maximum absolute atomic E-state index is 14.2. The topological polar surface area (TPSA) is 33.7 Å². The van der Waals surface area contributed by atoms with Gasteiger partial charge < -0.3 is 19.7 Å². The fourth-order valence-corrected chi connectivity index (χ4v) is 3.11. The van der Waals surface area contributed by atoms with Gasteiger partial charge in [0.2, 0.25) is 0 Å². The fourth-order valence-electron chi connectivity index (χ4n) is 2.86. The van der Waals surface area contributed by atoms with E-state index >= 15 is 0 Å². The molecule has 0 saturated carbocycles. The maximum atomic E-state index is 14.2. The molecule has 0 atom stereocenters. The van der Waals surface area contributed by atoms with E-state index in [1.54, 1.807) is 26.4 Å². The highest BCUT2D eigenvalue weighted by molar-refractivity contribution is 7.80. The molecule has 0 amide bonds. The molecule has 0 bridgehead atoms. The highest BCUT2D eigenvalue weighted by Gasteiger charge is 2.14. The summed E-state index contributed by atoms with van der Waals surface area (Å²) < 4.78 is 24.6. The van der Waals surface area contributed by atoms with Gasteiger partial charge in [0.25, 0.3) is 0 Å². The molecule has 0 spiro atoms. The van der Waals surface area contributed by atoms with Gasteiger partial charge in [-0.1, -0.05) is 30.3 Å². The van der Waals surface area contributed by atoms with Crippen LogP contribution in [0.1, 0.15) is 11.1 Å². The van der Waals surface area contributed by atoms with Crippen molar-refractivity contribution < 1.29 is 13.9 Å². The van der Waals surface area contributed by atoms with Crippen molar-refractivity contribution in [1.29, 1.82) is 0 Å². The van der Waals surface area contributed by atoms with E-state index in [0.29, 0.717) is 23.8 Å². The van der Waals surface area contributed by atoms with Gasteiger partial charge in [-0.15, -0.1) is 0 Å². The highest BCUT2D eigenvalue weighted by atomic mass is 32.1. The van der Waals surface area contributed by atoms with Crippen LogP contribution < -0.4 is 14.8 Å². The van der Waals surface area contributed by atoms with E-state index in [0.717, 1.165) is 22.7 Å². The molecule has 0 saturated heterocycles. The number of hydrogen-bond acceptors (Lipinski definition) is 3. The summed E-state index contributed by atoms with van der Waals surface area (Å²) >= 11 is 5.65. The molecule has 3 aromatic rings. The molecule has 0 fully saturated rings. The molecule has 0 aromatic heterocycles. The Morgan fingerprint density at radius 3 is 2.03 bits per heavy atom. The molecule has 0 heterocycles. The number of nitrogens with one attached hydrogen (secondary N) is 1. The Kier molecular flexibility index (Phi) is 7.03. The van der Waals surface area contributed by atoms with Crippen LogP contribution in [0.5, 0.6) is 11.5 Å². The predicted molar refractivity (Wildman–Crippen MR) is 118 cm³/mol. The van der Waals surface area contributed by atoms with Crippen LogP contribution in [0.25, 0.3) is 0 Å². The Morgan fingerprint density at radius 1 is 0.862 bits per heavy atom. The lowest BCUT2D eigenvalue weighted by molar-refractivity contribution is 0.400. The summed E-state index contributed by atoms with van der Waals surface area (Å²) in [5.74, 6) is 1.30. The Morgan fingerprint density at radius 2 is 1.45 bits per heavy atom. The first-order chi connectivity index (χ1) is 14.1. The summed E-state index contributed by atoms with van der Waals surface area (Å²) in [6.07, 6.45) is 0. The van der Waals surface area contributed by atoms with Crippen molar-refractivity contribution >= 4 is 23.0 Å². The van der Waals surface area contributed by atoms with Crippen molar-refractivity contribution in [2.75, 3.05) is 19.5 Å². The van der Waals surface area contributed by atoms with Crippen molar-refractivity contribution in [2.24, 2.45) is 0 Å². The molecule has 3 rings (SSSR count). The van der Waals surface area contributed by atoms with Crippen LogP contribution in [0.2, 0.25) is 0 Å². The van der Waals surface area contributed by atoms with Crippen molar-refractivity contribution in [3.63, 3.8) is 0 Å². The number of methoxy groups -OCH3 is 2. The van der Waals surface area contributed by atoms with Gasteiger partial charge in [0.1, 0.15) is 17.3 Å².